The van der Waals surface area contributed by atoms with Gasteiger partial charge in [0.05, 0.1) is 4.47 Å². The van der Waals surface area contributed by atoms with Gasteiger partial charge in [-0.1, -0.05) is 30.3 Å². The molecule has 1 aliphatic heterocycles. The SMILES string of the molecule is Cl.Cl.O=C(CCN1CCNCC1Cc1ccccc1)c1ccc(F)c(Br)c1. The normalized spacial score (nSPS) is 16.9. The molecule has 1 saturated heterocycles. The highest BCUT2D eigenvalue weighted by Gasteiger charge is 2.23. The Balaban J connectivity index is 0.00000182. The minimum absolute atomic E-state index is 0. The van der Waals surface area contributed by atoms with Crippen LogP contribution in [0.3, 0.4) is 0 Å². The Bertz CT molecular complexity index is 733. The molecule has 0 amide bonds. The predicted octanol–water partition coefficient (Wildman–Crippen LogP) is 4.52. The van der Waals surface area contributed by atoms with Crippen molar-refractivity contribution in [2.24, 2.45) is 0 Å². The molecule has 1 heterocycles. The van der Waals surface area contributed by atoms with Crippen LogP contribution in [0.4, 0.5) is 4.39 Å². The maximum absolute atomic E-state index is 13.3. The van der Waals surface area contributed by atoms with Gasteiger partial charge in [0.1, 0.15) is 5.82 Å². The number of hydrogen-bond donors (Lipinski definition) is 1. The van der Waals surface area contributed by atoms with Gasteiger partial charge in [-0.25, -0.2) is 4.39 Å². The molecular weight excluding hydrogens is 454 g/mol. The van der Waals surface area contributed by atoms with Crippen molar-refractivity contribution < 1.29 is 9.18 Å². The summed E-state index contributed by atoms with van der Waals surface area (Å²) < 4.78 is 13.7. The van der Waals surface area contributed by atoms with Gasteiger partial charge in [-0.15, -0.1) is 24.8 Å². The van der Waals surface area contributed by atoms with E-state index in [0.717, 1.165) is 32.6 Å². The second kappa shape index (κ2) is 11.8. The Morgan fingerprint density at radius 3 is 2.63 bits per heavy atom. The van der Waals surface area contributed by atoms with E-state index in [2.05, 4.69) is 50.4 Å². The highest BCUT2D eigenvalue weighted by Crippen LogP contribution is 2.18. The number of Topliss-reactive ketones (excluding diaryl/α,β-unsaturated/α-hetero) is 1. The third-order valence-electron chi connectivity index (χ3n) is 4.65. The fraction of sp³-hybridized carbons (Fsp3) is 0.350. The van der Waals surface area contributed by atoms with Crippen LogP contribution in [0.5, 0.6) is 0 Å². The van der Waals surface area contributed by atoms with E-state index in [1.54, 1.807) is 12.1 Å². The van der Waals surface area contributed by atoms with Gasteiger partial charge in [0.25, 0.3) is 0 Å². The zero-order chi connectivity index (χ0) is 17.6. The second-order valence-corrected chi connectivity index (χ2v) is 7.24. The van der Waals surface area contributed by atoms with Crippen LogP contribution >= 0.6 is 40.7 Å². The summed E-state index contributed by atoms with van der Waals surface area (Å²) in [7, 11) is 0. The maximum Gasteiger partial charge on any atom is 0.164 e. The standard InChI is InChI=1S/C20H22BrFN2O.2ClH/c21-18-13-16(6-7-19(18)22)20(25)8-10-24-11-9-23-14-17(24)12-15-4-2-1-3-5-15;;/h1-7,13,17,23H,8-12,14H2;2*1H. The molecule has 1 fully saturated rings. The monoisotopic (exact) mass is 476 g/mol. The summed E-state index contributed by atoms with van der Waals surface area (Å²) >= 11 is 3.14. The van der Waals surface area contributed by atoms with Crippen LogP contribution in [-0.4, -0.2) is 42.9 Å². The Morgan fingerprint density at radius 2 is 1.93 bits per heavy atom. The van der Waals surface area contributed by atoms with Crippen molar-refractivity contribution in [1.82, 2.24) is 10.2 Å². The largest absolute Gasteiger partial charge is 0.314 e. The summed E-state index contributed by atoms with van der Waals surface area (Å²) in [5.74, 6) is -0.292. The van der Waals surface area contributed by atoms with Crippen molar-refractivity contribution in [3.63, 3.8) is 0 Å². The van der Waals surface area contributed by atoms with Crippen LogP contribution < -0.4 is 5.32 Å². The van der Waals surface area contributed by atoms with E-state index in [-0.39, 0.29) is 36.4 Å². The molecule has 0 radical (unpaired) electrons. The molecule has 1 aliphatic rings. The zero-order valence-corrected chi connectivity index (χ0v) is 18.1. The van der Waals surface area contributed by atoms with Crippen molar-refractivity contribution in [1.29, 1.82) is 0 Å². The molecule has 1 atom stereocenters. The molecule has 148 valence electrons. The fourth-order valence-corrected chi connectivity index (χ4v) is 3.62. The number of rotatable bonds is 6. The Hall–Kier alpha value is -0.980. The molecule has 2 aromatic rings. The summed E-state index contributed by atoms with van der Waals surface area (Å²) in [5.41, 5.74) is 1.87. The van der Waals surface area contributed by atoms with Crippen molar-refractivity contribution in [2.45, 2.75) is 18.9 Å². The number of hydrogen-bond acceptors (Lipinski definition) is 3. The number of benzene rings is 2. The van der Waals surface area contributed by atoms with Gasteiger partial charge in [-0.3, -0.25) is 9.69 Å². The van der Waals surface area contributed by atoms with Crippen LogP contribution in [0.15, 0.2) is 53.0 Å². The third kappa shape index (κ3) is 6.84. The van der Waals surface area contributed by atoms with Crippen molar-refractivity contribution >= 4 is 46.5 Å². The van der Waals surface area contributed by atoms with Gasteiger partial charge in [0.2, 0.25) is 0 Å². The second-order valence-electron chi connectivity index (χ2n) is 6.39. The molecular formula is C20H24BrCl2FN2O. The number of ketones is 1. The van der Waals surface area contributed by atoms with Gasteiger partial charge in [0.15, 0.2) is 5.78 Å². The van der Waals surface area contributed by atoms with Crippen LogP contribution in [0.1, 0.15) is 22.3 Å². The number of carbonyl (C=O) groups excluding carboxylic acids is 1. The lowest BCUT2D eigenvalue weighted by Gasteiger charge is -2.36. The first-order valence-corrected chi connectivity index (χ1v) is 9.40. The minimum Gasteiger partial charge on any atom is -0.314 e. The van der Waals surface area contributed by atoms with Crippen LogP contribution in [0.25, 0.3) is 0 Å². The molecule has 27 heavy (non-hydrogen) atoms. The molecule has 0 aliphatic carbocycles. The van der Waals surface area contributed by atoms with E-state index in [9.17, 15) is 9.18 Å². The molecule has 0 aromatic heterocycles. The van der Waals surface area contributed by atoms with E-state index in [4.69, 9.17) is 0 Å². The van der Waals surface area contributed by atoms with Crippen LogP contribution in [-0.2, 0) is 6.42 Å². The first-order chi connectivity index (χ1) is 12.1. The Morgan fingerprint density at radius 1 is 1.19 bits per heavy atom. The fourth-order valence-electron chi connectivity index (χ4n) is 3.24. The average Bonchev–Trinajstić information content (AvgIpc) is 2.64. The molecule has 0 saturated carbocycles. The van der Waals surface area contributed by atoms with Crippen LogP contribution in [0.2, 0.25) is 0 Å². The lowest BCUT2D eigenvalue weighted by atomic mass is 10.0. The molecule has 1 N–H and O–H groups in total. The lowest BCUT2D eigenvalue weighted by Crippen LogP contribution is -2.52. The number of halogens is 4. The third-order valence-corrected chi connectivity index (χ3v) is 5.26. The number of carbonyl (C=O) groups is 1. The average molecular weight is 478 g/mol. The van der Waals surface area contributed by atoms with Gasteiger partial charge in [-0.05, 0) is 46.1 Å². The van der Waals surface area contributed by atoms with Crippen molar-refractivity contribution in [2.75, 3.05) is 26.2 Å². The zero-order valence-electron chi connectivity index (χ0n) is 14.9. The lowest BCUT2D eigenvalue weighted by molar-refractivity contribution is 0.0935. The molecule has 0 bridgehead atoms. The molecule has 1 unspecified atom stereocenters. The highest BCUT2D eigenvalue weighted by atomic mass is 79.9. The summed E-state index contributed by atoms with van der Waals surface area (Å²) in [4.78, 5) is 14.8. The van der Waals surface area contributed by atoms with Gasteiger partial charge in [-0.2, -0.15) is 0 Å². The van der Waals surface area contributed by atoms with Gasteiger partial charge < -0.3 is 5.32 Å². The topological polar surface area (TPSA) is 32.3 Å². The molecule has 0 spiro atoms. The van der Waals surface area contributed by atoms with E-state index in [1.807, 2.05) is 6.07 Å². The number of nitrogens with zero attached hydrogens (tertiary/aromatic N) is 1. The van der Waals surface area contributed by atoms with E-state index < -0.39 is 0 Å². The molecule has 2 aromatic carbocycles. The van der Waals surface area contributed by atoms with Gasteiger partial charge >= 0.3 is 0 Å². The smallest absolute Gasteiger partial charge is 0.164 e. The summed E-state index contributed by atoms with van der Waals surface area (Å²) in [5, 5.41) is 3.44. The summed E-state index contributed by atoms with van der Waals surface area (Å²) in [6.45, 7) is 3.55. The van der Waals surface area contributed by atoms with Crippen LogP contribution in [0, 0.1) is 5.82 Å². The van der Waals surface area contributed by atoms with E-state index in [1.165, 1.54) is 11.6 Å². The maximum atomic E-state index is 13.3. The minimum atomic E-state index is -0.346. The quantitative estimate of drug-likeness (QED) is 0.620. The predicted molar refractivity (Wildman–Crippen MR) is 116 cm³/mol. The molecule has 3 rings (SSSR count). The Labute approximate surface area is 180 Å². The number of piperazine rings is 1. The van der Waals surface area contributed by atoms with Crippen molar-refractivity contribution in [3.8, 4) is 0 Å². The molecule has 3 nitrogen and oxygen atoms in total. The van der Waals surface area contributed by atoms with Crippen molar-refractivity contribution in [3.05, 3.63) is 69.9 Å². The van der Waals surface area contributed by atoms with E-state index >= 15 is 0 Å². The first-order valence-electron chi connectivity index (χ1n) is 8.60. The van der Waals surface area contributed by atoms with E-state index in [0.29, 0.717) is 22.5 Å². The number of nitrogens with one attached hydrogen (secondary N) is 1. The molecule has 7 heteroatoms. The summed E-state index contributed by atoms with van der Waals surface area (Å²) in [6, 6.07) is 15.3. The van der Waals surface area contributed by atoms with Gasteiger partial charge in [0, 0.05) is 44.2 Å². The first kappa shape index (κ1) is 24.1. The highest BCUT2D eigenvalue weighted by molar-refractivity contribution is 9.10. The summed E-state index contributed by atoms with van der Waals surface area (Å²) in [6.07, 6.45) is 1.42. The Kier molecular flexibility index (Phi) is 10.5.